The lowest BCUT2D eigenvalue weighted by molar-refractivity contribution is -0.115. The molecule has 0 bridgehead atoms. The molecule has 1 aromatic rings. The van der Waals surface area contributed by atoms with Crippen molar-refractivity contribution in [2.75, 3.05) is 0 Å². The van der Waals surface area contributed by atoms with E-state index in [1.807, 2.05) is 0 Å². The van der Waals surface area contributed by atoms with Gasteiger partial charge in [0.25, 0.3) is 0 Å². The average Bonchev–Trinajstić information content (AvgIpc) is 2.16. The quantitative estimate of drug-likeness (QED) is 0.821. The number of carbonyl (C=O) groups excluding carboxylic acids is 1. The van der Waals surface area contributed by atoms with E-state index in [0.29, 0.717) is 5.56 Å². The van der Waals surface area contributed by atoms with E-state index < -0.39 is 11.9 Å². The lowest BCUT2D eigenvalue weighted by atomic mass is 10.1. The molecule has 0 aliphatic heterocycles. The predicted molar refractivity (Wildman–Crippen MR) is 61.5 cm³/mol. The van der Waals surface area contributed by atoms with E-state index in [4.69, 9.17) is 10.2 Å². The number of aryl methyl sites for hydroxylation is 1. The van der Waals surface area contributed by atoms with Gasteiger partial charge >= 0.3 is 11.9 Å². The molecule has 0 aliphatic carbocycles. The van der Waals surface area contributed by atoms with Crippen LogP contribution in [-0.4, -0.2) is 27.9 Å². The fraction of sp³-hybridized carbons (Fsp3) is 0.250. The topological polar surface area (TPSA) is 91.7 Å². The lowest BCUT2D eigenvalue weighted by Crippen LogP contribution is -2.03. The van der Waals surface area contributed by atoms with Crippen molar-refractivity contribution in [1.82, 2.24) is 0 Å². The number of aromatic carboxylic acids is 2. The van der Waals surface area contributed by atoms with Gasteiger partial charge in [-0.1, -0.05) is 6.07 Å². The third-order valence-corrected chi connectivity index (χ3v) is 1.71. The van der Waals surface area contributed by atoms with Crippen LogP contribution in [-0.2, 0) is 4.79 Å². The van der Waals surface area contributed by atoms with Crippen LogP contribution in [0, 0.1) is 6.92 Å². The van der Waals surface area contributed by atoms with Crippen molar-refractivity contribution in [2.45, 2.75) is 20.8 Å². The maximum absolute atomic E-state index is 10.6. The standard InChI is InChI=1S/C9H8O4.C3H6O/c1-5-2-3-6(8(10)11)4-7(5)9(12)13;1-3(2)4/h2-4H,1H3,(H,10,11)(H,12,13);1-2H3. The highest BCUT2D eigenvalue weighted by Crippen LogP contribution is 2.11. The second kappa shape index (κ2) is 6.42. The lowest BCUT2D eigenvalue weighted by Gasteiger charge is -2.01. The zero-order valence-electron chi connectivity index (χ0n) is 9.85. The van der Waals surface area contributed by atoms with Crippen molar-refractivity contribution in [3.63, 3.8) is 0 Å². The van der Waals surface area contributed by atoms with Crippen molar-refractivity contribution in [1.29, 1.82) is 0 Å². The Morgan fingerprint density at radius 1 is 1.00 bits per heavy atom. The Hall–Kier alpha value is -2.17. The molecule has 5 nitrogen and oxygen atoms in total. The molecule has 0 saturated carbocycles. The Kier molecular flexibility index (Phi) is 5.60. The third kappa shape index (κ3) is 5.46. The van der Waals surface area contributed by atoms with Crippen molar-refractivity contribution >= 4 is 17.7 Å². The van der Waals surface area contributed by atoms with E-state index in [1.54, 1.807) is 6.92 Å². The maximum atomic E-state index is 10.6. The van der Waals surface area contributed by atoms with Gasteiger partial charge in [0.1, 0.15) is 5.78 Å². The Balaban J connectivity index is 0.000000557. The van der Waals surface area contributed by atoms with E-state index in [1.165, 1.54) is 26.0 Å². The highest BCUT2D eigenvalue weighted by atomic mass is 16.4. The number of Topliss-reactive ketones (excluding diaryl/α,β-unsaturated/α-hetero) is 1. The predicted octanol–water partition coefficient (Wildman–Crippen LogP) is 1.99. The van der Waals surface area contributed by atoms with E-state index in [0.717, 1.165) is 6.07 Å². The normalized spacial score (nSPS) is 8.88. The first-order valence-electron chi connectivity index (χ1n) is 4.80. The second-order valence-electron chi connectivity index (χ2n) is 3.55. The number of carboxylic acid groups (broad SMARTS) is 2. The summed E-state index contributed by atoms with van der Waals surface area (Å²) in [6.45, 7) is 4.68. The summed E-state index contributed by atoms with van der Waals surface area (Å²) in [4.78, 5) is 30.5. The highest BCUT2D eigenvalue weighted by molar-refractivity contribution is 5.94. The summed E-state index contributed by atoms with van der Waals surface area (Å²) in [5, 5.41) is 17.3. The molecule has 0 aliphatic rings. The van der Waals surface area contributed by atoms with Gasteiger partial charge in [-0.25, -0.2) is 9.59 Å². The van der Waals surface area contributed by atoms with Gasteiger partial charge in [-0.3, -0.25) is 0 Å². The van der Waals surface area contributed by atoms with E-state index in [2.05, 4.69) is 0 Å². The Morgan fingerprint density at radius 2 is 1.47 bits per heavy atom. The third-order valence-electron chi connectivity index (χ3n) is 1.71. The number of carbonyl (C=O) groups is 3. The van der Waals surface area contributed by atoms with Gasteiger partial charge in [0.15, 0.2) is 0 Å². The fourth-order valence-electron chi connectivity index (χ4n) is 0.985. The maximum Gasteiger partial charge on any atom is 0.335 e. The molecule has 0 unspecified atom stereocenters. The number of carboxylic acids is 2. The first kappa shape index (κ1) is 14.8. The molecule has 5 heteroatoms. The van der Waals surface area contributed by atoms with Crippen molar-refractivity contribution in [3.05, 3.63) is 34.9 Å². The second-order valence-corrected chi connectivity index (χ2v) is 3.55. The van der Waals surface area contributed by atoms with Crippen LogP contribution in [0.15, 0.2) is 18.2 Å². The minimum absolute atomic E-state index is 0.0111. The number of ketones is 1. The molecule has 1 aromatic carbocycles. The molecule has 0 fully saturated rings. The summed E-state index contributed by atoms with van der Waals surface area (Å²) in [6, 6.07) is 4.01. The van der Waals surface area contributed by atoms with E-state index in [9.17, 15) is 14.4 Å². The molecular weight excluding hydrogens is 224 g/mol. The van der Waals surface area contributed by atoms with Crippen molar-refractivity contribution in [2.24, 2.45) is 0 Å². The van der Waals surface area contributed by atoms with E-state index >= 15 is 0 Å². The minimum Gasteiger partial charge on any atom is -0.478 e. The zero-order valence-corrected chi connectivity index (χ0v) is 9.85. The largest absolute Gasteiger partial charge is 0.478 e. The summed E-state index contributed by atoms with van der Waals surface area (Å²) in [7, 11) is 0. The molecule has 0 aromatic heterocycles. The summed E-state index contributed by atoms with van der Waals surface area (Å²) < 4.78 is 0. The average molecular weight is 238 g/mol. The Bertz CT molecular complexity index is 444. The summed E-state index contributed by atoms with van der Waals surface area (Å²) in [5.41, 5.74) is 0.570. The van der Waals surface area contributed by atoms with Gasteiger partial charge < -0.3 is 15.0 Å². The molecule has 0 saturated heterocycles. The minimum atomic E-state index is -1.12. The highest BCUT2D eigenvalue weighted by Gasteiger charge is 2.10. The molecule has 17 heavy (non-hydrogen) atoms. The molecule has 1 rings (SSSR count). The van der Waals surface area contributed by atoms with E-state index in [-0.39, 0.29) is 16.9 Å². The molecule has 0 spiro atoms. The molecule has 0 atom stereocenters. The van der Waals surface area contributed by atoms with Crippen LogP contribution in [0.4, 0.5) is 0 Å². The van der Waals surface area contributed by atoms with Gasteiger partial charge in [0.05, 0.1) is 11.1 Å². The molecule has 0 amide bonds. The van der Waals surface area contributed by atoms with Crippen LogP contribution in [0.25, 0.3) is 0 Å². The van der Waals surface area contributed by atoms with Gasteiger partial charge in [-0.05, 0) is 38.5 Å². The van der Waals surface area contributed by atoms with Gasteiger partial charge in [0, 0.05) is 0 Å². The fourth-order valence-corrected chi connectivity index (χ4v) is 0.985. The van der Waals surface area contributed by atoms with Crippen LogP contribution >= 0.6 is 0 Å². The summed E-state index contributed by atoms with van der Waals surface area (Å²) in [5.74, 6) is -2.07. The van der Waals surface area contributed by atoms with Gasteiger partial charge in [0.2, 0.25) is 0 Å². The van der Waals surface area contributed by atoms with Crippen LogP contribution in [0.1, 0.15) is 40.1 Å². The molecule has 0 radical (unpaired) electrons. The molecule has 2 N–H and O–H groups in total. The zero-order chi connectivity index (χ0) is 13.6. The van der Waals surface area contributed by atoms with Crippen LogP contribution in [0.2, 0.25) is 0 Å². The number of benzene rings is 1. The van der Waals surface area contributed by atoms with Gasteiger partial charge in [-0.15, -0.1) is 0 Å². The Labute approximate surface area is 98.7 Å². The smallest absolute Gasteiger partial charge is 0.335 e. The Morgan fingerprint density at radius 3 is 1.82 bits per heavy atom. The van der Waals surface area contributed by atoms with Crippen molar-refractivity contribution < 1.29 is 24.6 Å². The van der Waals surface area contributed by atoms with Crippen molar-refractivity contribution in [3.8, 4) is 0 Å². The monoisotopic (exact) mass is 238 g/mol. The van der Waals surface area contributed by atoms with Gasteiger partial charge in [-0.2, -0.15) is 0 Å². The molecular formula is C12H14O5. The number of rotatable bonds is 2. The SMILES string of the molecule is CC(C)=O.Cc1ccc(C(=O)O)cc1C(=O)O. The number of hydrogen-bond acceptors (Lipinski definition) is 3. The summed E-state index contributed by atoms with van der Waals surface area (Å²) >= 11 is 0. The first-order valence-corrected chi connectivity index (χ1v) is 4.80. The summed E-state index contributed by atoms with van der Waals surface area (Å²) in [6.07, 6.45) is 0. The number of hydrogen-bond donors (Lipinski definition) is 2. The van der Waals surface area contributed by atoms with Crippen LogP contribution in [0.5, 0.6) is 0 Å². The van der Waals surface area contributed by atoms with Crippen LogP contribution in [0.3, 0.4) is 0 Å². The molecule has 0 heterocycles. The first-order chi connectivity index (χ1) is 7.75. The van der Waals surface area contributed by atoms with Crippen LogP contribution < -0.4 is 0 Å². The molecule has 92 valence electrons.